The summed E-state index contributed by atoms with van der Waals surface area (Å²) in [4.78, 5) is 3.69. The van der Waals surface area contributed by atoms with Gasteiger partial charge in [0.2, 0.25) is 10.0 Å². The zero-order valence-electron chi connectivity index (χ0n) is 26.1. The molecule has 0 saturated carbocycles. The largest absolute Gasteiger partial charge is 0.457 e. The van der Waals surface area contributed by atoms with Gasteiger partial charge in [-0.1, -0.05) is 30.3 Å². The van der Waals surface area contributed by atoms with E-state index in [1.807, 2.05) is 46.2 Å². The van der Waals surface area contributed by atoms with E-state index >= 15 is 0 Å². The SMILES string of the molecule is NS(=O)(=O)c1ccccc1C1c2ccc(N3CCc4cc(S(=O)(=O)O)ccc43)cc2Oc2cc(N3CCc4cc(S(=O)(=O)O)ccc43)ccc21. The summed E-state index contributed by atoms with van der Waals surface area (Å²) in [6.45, 7) is 1.10. The number of nitrogens with zero attached hydrogens (tertiary/aromatic N) is 2. The van der Waals surface area contributed by atoms with E-state index in [-0.39, 0.29) is 14.7 Å². The number of hydrogen-bond acceptors (Lipinski definition) is 9. The molecule has 0 fully saturated rings. The summed E-state index contributed by atoms with van der Waals surface area (Å²) in [6.07, 6.45) is 1.10. The van der Waals surface area contributed by atoms with Gasteiger partial charge in [0, 0.05) is 65.0 Å². The highest BCUT2D eigenvalue weighted by atomic mass is 32.2. The molecule has 0 atom stereocenters. The van der Waals surface area contributed by atoms with Gasteiger partial charge in [-0.05, 0) is 84.1 Å². The minimum Gasteiger partial charge on any atom is -0.457 e. The normalized spacial score (nSPS) is 15.7. The number of primary sulfonamides is 1. The zero-order chi connectivity index (χ0) is 35.2. The van der Waals surface area contributed by atoms with Crippen molar-refractivity contribution in [3.8, 4) is 11.5 Å². The molecule has 0 aromatic heterocycles. The van der Waals surface area contributed by atoms with Gasteiger partial charge in [-0.15, -0.1) is 0 Å². The van der Waals surface area contributed by atoms with E-state index in [1.54, 1.807) is 30.3 Å². The summed E-state index contributed by atoms with van der Waals surface area (Å²) < 4.78 is 98.3. The number of nitrogens with two attached hydrogens (primary N) is 1. The number of ether oxygens (including phenoxy) is 1. The molecule has 0 aliphatic carbocycles. The van der Waals surface area contributed by atoms with Crippen LogP contribution < -0.4 is 19.7 Å². The number of hydrogen-bond donors (Lipinski definition) is 3. The quantitative estimate of drug-likeness (QED) is 0.184. The van der Waals surface area contributed by atoms with Gasteiger partial charge in [-0.2, -0.15) is 16.8 Å². The highest BCUT2D eigenvalue weighted by molar-refractivity contribution is 7.89. The van der Waals surface area contributed by atoms with Gasteiger partial charge in [0.25, 0.3) is 20.2 Å². The average Bonchev–Trinajstić information content (AvgIpc) is 3.69. The maximum atomic E-state index is 12.8. The summed E-state index contributed by atoms with van der Waals surface area (Å²) in [7, 11) is -12.8. The highest BCUT2D eigenvalue weighted by Crippen LogP contribution is 2.52. The first kappa shape index (κ1) is 32.4. The van der Waals surface area contributed by atoms with E-state index in [1.165, 1.54) is 30.3 Å². The fourth-order valence-corrected chi connectivity index (χ4v) is 9.09. The van der Waals surface area contributed by atoms with E-state index in [4.69, 9.17) is 9.88 Å². The summed E-state index contributed by atoms with van der Waals surface area (Å²) >= 11 is 0. The molecule has 50 heavy (non-hydrogen) atoms. The Bertz CT molecular complexity index is 2450. The van der Waals surface area contributed by atoms with E-state index in [0.717, 1.165) is 45.0 Å². The number of fused-ring (bicyclic) bond motifs is 4. The van der Waals surface area contributed by atoms with Crippen LogP contribution in [0.2, 0.25) is 0 Å². The number of sulfonamides is 1. The molecule has 12 nitrogen and oxygen atoms in total. The van der Waals surface area contributed by atoms with Crippen LogP contribution in [0.4, 0.5) is 22.7 Å². The van der Waals surface area contributed by atoms with Crippen molar-refractivity contribution >= 4 is 53.0 Å². The third-order valence-electron chi connectivity index (χ3n) is 9.48. The lowest BCUT2D eigenvalue weighted by Gasteiger charge is -2.32. The maximum Gasteiger partial charge on any atom is 0.294 e. The van der Waals surface area contributed by atoms with E-state index < -0.39 is 36.2 Å². The second kappa shape index (κ2) is 11.4. The molecule has 0 radical (unpaired) electrons. The monoisotopic (exact) mass is 731 g/mol. The van der Waals surface area contributed by atoms with Crippen LogP contribution in [0.1, 0.15) is 33.7 Å². The third kappa shape index (κ3) is 5.52. The van der Waals surface area contributed by atoms with Crippen LogP contribution in [0.15, 0.2) is 112 Å². The van der Waals surface area contributed by atoms with Crippen LogP contribution in [0, 0.1) is 0 Å². The predicted octanol–water partition coefficient (Wildman–Crippen LogP) is 5.50. The number of anilines is 4. The van der Waals surface area contributed by atoms with Crippen molar-refractivity contribution in [3.63, 3.8) is 0 Å². The van der Waals surface area contributed by atoms with Crippen LogP contribution in [-0.2, 0) is 43.1 Å². The number of rotatable bonds is 6. The second-order valence-electron chi connectivity index (χ2n) is 12.4. The van der Waals surface area contributed by atoms with Crippen molar-refractivity contribution in [1.29, 1.82) is 0 Å². The predicted molar refractivity (Wildman–Crippen MR) is 186 cm³/mol. The molecule has 15 heteroatoms. The van der Waals surface area contributed by atoms with Gasteiger partial charge in [-0.3, -0.25) is 9.11 Å². The summed E-state index contributed by atoms with van der Waals surface area (Å²) in [5.74, 6) is 0.408. The molecule has 8 rings (SSSR count). The first-order valence-corrected chi connectivity index (χ1v) is 19.9. The van der Waals surface area contributed by atoms with E-state index in [9.17, 15) is 34.4 Å². The summed E-state index contributed by atoms with van der Waals surface area (Å²) in [5, 5.41) is 5.70. The third-order valence-corrected chi connectivity index (χ3v) is 12.2. The average molecular weight is 732 g/mol. The van der Waals surface area contributed by atoms with Crippen LogP contribution in [0.5, 0.6) is 11.5 Å². The van der Waals surface area contributed by atoms with Gasteiger partial charge in [-0.25, -0.2) is 13.6 Å². The lowest BCUT2D eigenvalue weighted by atomic mass is 9.82. The van der Waals surface area contributed by atoms with Gasteiger partial charge in [0.1, 0.15) is 11.5 Å². The van der Waals surface area contributed by atoms with Crippen LogP contribution >= 0.6 is 0 Å². The minimum absolute atomic E-state index is 0.0110. The molecule has 5 aromatic carbocycles. The van der Waals surface area contributed by atoms with Crippen LogP contribution in [-0.4, -0.2) is 47.4 Å². The molecule has 3 aliphatic rings. The molecule has 3 heterocycles. The lowest BCUT2D eigenvalue weighted by molar-refractivity contribution is 0.452. The molecule has 256 valence electrons. The Balaban J connectivity index is 1.24. The van der Waals surface area contributed by atoms with Gasteiger partial charge in [0.15, 0.2) is 0 Å². The van der Waals surface area contributed by atoms with Crippen molar-refractivity contribution in [1.82, 2.24) is 0 Å². The molecular formula is C35H29N3O9S3. The Hall–Kier alpha value is -4.77. The minimum atomic E-state index is -4.36. The molecule has 3 aliphatic heterocycles. The lowest BCUT2D eigenvalue weighted by Crippen LogP contribution is -2.20. The topological polar surface area (TPSA) is 185 Å². The van der Waals surface area contributed by atoms with Crippen molar-refractivity contribution in [2.45, 2.75) is 33.4 Å². The van der Waals surface area contributed by atoms with Crippen molar-refractivity contribution < 1.29 is 39.1 Å². The van der Waals surface area contributed by atoms with E-state index in [0.29, 0.717) is 43.0 Å². The maximum absolute atomic E-state index is 12.8. The molecule has 0 unspecified atom stereocenters. The molecule has 0 bridgehead atoms. The highest BCUT2D eigenvalue weighted by Gasteiger charge is 2.34. The fraction of sp³-hybridized carbons (Fsp3) is 0.143. The van der Waals surface area contributed by atoms with Gasteiger partial charge < -0.3 is 14.5 Å². The standard InChI is InChI=1S/C35H29N3O9S3/c36-48(39,40)34-4-2-1-3-29(34)35-27-9-5-23(37-15-13-21-17-25(49(41,42)43)7-11-30(21)37)19-32(27)47-33-20-24(6-10-28(33)35)38-16-14-22-18-26(50(44,45)46)8-12-31(22)38/h1-12,17-20,35H,13-16H2,(H2,36,39,40)(H,41,42,43)(H,44,45,46). The Kier molecular flexibility index (Phi) is 7.38. The Morgan fingerprint density at radius 2 is 1.08 bits per heavy atom. The van der Waals surface area contributed by atoms with Gasteiger partial charge in [0.05, 0.1) is 14.7 Å². The Morgan fingerprint density at radius 1 is 0.600 bits per heavy atom. The molecule has 0 amide bonds. The smallest absolute Gasteiger partial charge is 0.294 e. The van der Waals surface area contributed by atoms with Crippen molar-refractivity contribution in [3.05, 3.63) is 125 Å². The molecular weight excluding hydrogens is 703 g/mol. The Labute approximate surface area is 288 Å². The van der Waals surface area contributed by atoms with Gasteiger partial charge >= 0.3 is 0 Å². The van der Waals surface area contributed by atoms with Crippen LogP contribution in [0.25, 0.3) is 0 Å². The van der Waals surface area contributed by atoms with Crippen molar-refractivity contribution in [2.24, 2.45) is 5.14 Å². The molecule has 0 saturated heterocycles. The molecule has 0 spiro atoms. The second-order valence-corrected chi connectivity index (χ2v) is 16.8. The fourth-order valence-electron chi connectivity index (χ4n) is 7.25. The first-order chi connectivity index (χ1) is 23.7. The number of benzene rings is 5. The molecule has 5 aromatic rings. The molecule has 4 N–H and O–H groups in total. The summed E-state index contributed by atoms with van der Waals surface area (Å²) in [6, 6.07) is 26.9. The van der Waals surface area contributed by atoms with E-state index in [2.05, 4.69) is 0 Å². The van der Waals surface area contributed by atoms with Crippen LogP contribution in [0.3, 0.4) is 0 Å². The van der Waals surface area contributed by atoms with Crippen molar-refractivity contribution in [2.75, 3.05) is 22.9 Å². The zero-order valence-corrected chi connectivity index (χ0v) is 28.5. The Morgan fingerprint density at radius 3 is 1.54 bits per heavy atom. The summed E-state index contributed by atoms with van der Waals surface area (Å²) in [5.41, 5.74) is 6.56. The first-order valence-electron chi connectivity index (χ1n) is 15.5.